The summed E-state index contributed by atoms with van der Waals surface area (Å²) in [6, 6.07) is 6.77. The van der Waals surface area contributed by atoms with Gasteiger partial charge in [-0.2, -0.15) is 0 Å². The summed E-state index contributed by atoms with van der Waals surface area (Å²) in [5.41, 5.74) is 0.251. The molecule has 0 atom stereocenters. The predicted molar refractivity (Wildman–Crippen MR) is 83.8 cm³/mol. The van der Waals surface area contributed by atoms with Crippen LogP contribution in [0.5, 0.6) is 0 Å². The van der Waals surface area contributed by atoms with Crippen molar-refractivity contribution in [1.82, 2.24) is 15.3 Å². The Hall–Kier alpha value is -3.42. The van der Waals surface area contributed by atoms with Crippen molar-refractivity contribution in [3.8, 4) is 0 Å². The van der Waals surface area contributed by atoms with E-state index in [1.165, 1.54) is 12.3 Å². The van der Waals surface area contributed by atoms with Gasteiger partial charge in [-0.05, 0) is 29.8 Å². The first-order chi connectivity index (χ1) is 11.6. The quantitative estimate of drug-likeness (QED) is 0.587. The van der Waals surface area contributed by atoms with Gasteiger partial charge < -0.3 is 5.32 Å². The number of nitrogens with zero attached hydrogens (tertiary/aromatic N) is 3. The van der Waals surface area contributed by atoms with Crippen LogP contribution >= 0.6 is 0 Å². The number of pyridine rings is 2. The molecule has 7 nitrogen and oxygen atoms in total. The van der Waals surface area contributed by atoms with Gasteiger partial charge in [-0.15, -0.1) is 0 Å². The van der Waals surface area contributed by atoms with Crippen LogP contribution in [-0.2, 0) is 6.54 Å². The molecule has 0 fully saturated rings. The predicted octanol–water partition coefficient (Wildman–Crippen LogP) is 2.61. The molecule has 0 saturated heterocycles. The Morgan fingerprint density at radius 2 is 1.92 bits per heavy atom. The molecule has 1 aromatic carbocycles. The van der Waals surface area contributed by atoms with Gasteiger partial charge in [0, 0.05) is 36.6 Å². The van der Waals surface area contributed by atoms with Gasteiger partial charge in [0.15, 0.2) is 0 Å². The Morgan fingerprint density at radius 3 is 2.62 bits per heavy atom. The summed E-state index contributed by atoms with van der Waals surface area (Å²) in [6.07, 6.45) is 4.41. The number of carbonyl (C=O) groups excluding carboxylic acids is 1. The molecule has 0 aliphatic carbocycles. The lowest BCUT2D eigenvalue weighted by Crippen LogP contribution is -2.24. The molecule has 8 heteroatoms. The number of amides is 1. The maximum absolute atomic E-state index is 13.9. The summed E-state index contributed by atoms with van der Waals surface area (Å²) < 4.78 is 13.9. The molecule has 0 spiro atoms. The number of carbonyl (C=O) groups is 1. The van der Waals surface area contributed by atoms with Crippen molar-refractivity contribution in [3.05, 3.63) is 76.1 Å². The minimum absolute atomic E-state index is 0.0201. The molecule has 1 amide bonds. The van der Waals surface area contributed by atoms with Crippen LogP contribution in [0.15, 0.2) is 48.9 Å². The third-order valence-corrected chi connectivity index (χ3v) is 3.47. The van der Waals surface area contributed by atoms with E-state index < -0.39 is 16.6 Å². The molecule has 1 N–H and O–H groups in total. The molecule has 0 unspecified atom stereocenters. The van der Waals surface area contributed by atoms with Crippen LogP contribution in [0.2, 0.25) is 0 Å². The summed E-state index contributed by atoms with van der Waals surface area (Å²) in [6.45, 7) is 0.197. The van der Waals surface area contributed by atoms with Crippen LogP contribution in [0.4, 0.5) is 10.1 Å². The van der Waals surface area contributed by atoms with Crippen molar-refractivity contribution in [2.75, 3.05) is 0 Å². The van der Waals surface area contributed by atoms with E-state index in [-0.39, 0.29) is 28.7 Å². The van der Waals surface area contributed by atoms with E-state index in [2.05, 4.69) is 15.3 Å². The molecular weight excluding hydrogens is 315 g/mol. The lowest BCUT2D eigenvalue weighted by atomic mass is 10.1. The van der Waals surface area contributed by atoms with Crippen LogP contribution in [0.25, 0.3) is 10.8 Å². The van der Waals surface area contributed by atoms with Crippen LogP contribution in [0.1, 0.15) is 16.1 Å². The Morgan fingerprint density at radius 1 is 1.17 bits per heavy atom. The van der Waals surface area contributed by atoms with Crippen molar-refractivity contribution in [1.29, 1.82) is 0 Å². The van der Waals surface area contributed by atoms with Crippen LogP contribution in [0, 0.1) is 15.9 Å². The molecule has 0 bridgehead atoms. The van der Waals surface area contributed by atoms with Crippen LogP contribution in [-0.4, -0.2) is 20.8 Å². The van der Waals surface area contributed by atoms with E-state index in [4.69, 9.17) is 0 Å². The molecular formula is C16H11FN4O3. The van der Waals surface area contributed by atoms with Gasteiger partial charge >= 0.3 is 0 Å². The smallest absolute Gasteiger partial charge is 0.279 e. The Labute approximate surface area is 135 Å². The molecule has 2 heterocycles. The minimum atomic E-state index is -0.664. The van der Waals surface area contributed by atoms with E-state index in [9.17, 15) is 19.3 Å². The molecule has 0 radical (unpaired) electrons. The fraction of sp³-hybridized carbons (Fsp3) is 0.0625. The number of benzene rings is 1. The third kappa shape index (κ3) is 2.89. The second-order valence-corrected chi connectivity index (χ2v) is 4.94. The fourth-order valence-electron chi connectivity index (χ4n) is 2.34. The van der Waals surface area contributed by atoms with E-state index in [1.54, 1.807) is 24.5 Å². The van der Waals surface area contributed by atoms with Gasteiger partial charge in [-0.25, -0.2) is 4.39 Å². The molecule has 3 aromatic rings. The lowest BCUT2D eigenvalue weighted by molar-refractivity contribution is -0.383. The highest BCUT2D eigenvalue weighted by atomic mass is 19.1. The van der Waals surface area contributed by atoms with Crippen molar-refractivity contribution < 1.29 is 14.1 Å². The molecule has 2 aromatic heterocycles. The van der Waals surface area contributed by atoms with Crippen molar-refractivity contribution in [3.63, 3.8) is 0 Å². The van der Waals surface area contributed by atoms with Crippen LogP contribution in [0.3, 0.4) is 0 Å². The number of hydrogen-bond acceptors (Lipinski definition) is 5. The van der Waals surface area contributed by atoms with E-state index in [1.807, 2.05) is 0 Å². The zero-order chi connectivity index (χ0) is 17.1. The number of aromatic nitrogens is 2. The molecule has 0 aliphatic heterocycles. The van der Waals surface area contributed by atoms with Crippen molar-refractivity contribution in [2.24, 2.45) is 0 Å². The monoisotopic (exact) mass is 326 g/mol. The van der Waals surface area contributed by atoms with Gasteiger partial charge in [0.05, 0.1) is 10.3 Å². The Kier molecular flexibility index (Phi) is 4.11. The number of hydrogen-bond donors (Lipinski definition) is 1. The number of fused-ring (bicyclic) bond motifs is 1. The Balaban J connectivity index is 2.01. The largest absolute Gasteiger partial charge is 0.347 e. The van der Waals surface area contributed by atoms with Gasteiger partial charge in [0.25, 0.3) is 11.6 Å². The zero-order valence-electron chi connectivity index (χ0n) is 12.3. The SMILES string of the molecule is O=C(NCc1ccncc1)c1nccc2c(F)ccc([N+](=O)[O-])c12. The normalized spacial score (nSPS) is 10.5. The average molecular weight is 326 g/mol. The van der Waals surface area contributed by atoms with E-state index in [0.29, 0.717) is 0 Å². The molecule has 24 heavy (non-hydrogen) atoms. The molecule has 0 saturated carbocycles. The summed E-state index contributed by atoms with van der Waals surface area (Å²) in [5, 5.41) is 13.7. The number of nitrogens with one attached hydrogen (secondary N) is 1. The highest BCUT2D eigenvalue weighted by Crippen LogP contribution is 2.29. The molecule has 120 valence electrons. The molecule has 3 rings (SSSR count). The fourth-order valence-corrected chi connectivity index (χ4v) is 2.34. The van der Waals surface area contributed by atoms with Gasteiger partial charge in [0.2, 0.25) is 0 Å². The second kappa shape index (κ2) is 6.37. The number of non-ortho nitro benzene ring substituents is 1. The standard InChI is InChI=1S/C16H11FN4O3/c17-12-1-2-13(21(23)24)14-11(12)5-8-19-15(14)16(22)20-9-10-3-6-18-7-4-10/h1-8H,9H2,(H,20,22). The van der Waals surface area contributed by atoms with Gasteiger partial charge in [-0.1, -0.05) is 0 Å². The first-order valence-electron chi connectivity index (χ1n) is 6.96. The number of halogens is 1. The van der Waals surface area contributed by atoms with Gasteiger partial charge in [-0.3, -0.25) is 24.9 Å². The van der Waals surface area contributed by atoms with Gasteiger partial charge in [0.1, 0.15) is 11.5 Å². The first-order valence-corrected chi connectivity index (χ1v) is 6.96. The molecule has 0 aliphatic rings. The second-order valence-electron chi connectivity index (χ2n) is 4.94. The van der Waals surface area contributed by atoms with Crippen LogP contribution < -0.4 is 5.32 Å². The summed E-state index contributed by atoms with van der Waals surface area (Å²) in [7, 11) is 0. The zero-order valence-corrected chi connectivity index (χ0v) is 12.3. The number of nitro benzene ring substituents is 1. The lowest BCUT2D eigenvalue weighted by Gasteiger charge is -2.08. The third-order valence-electron chi connectivity index (χ3n) is 3.47. The number of rotatable bonds is 4. The summed E-state index contributed by atoms with van der Waals surface area (Å²) >= 11 is 0. The topological polar surface area (TPSA) is 98.0 Å². The highest BCUT2D eigenvalue weighted by Gasteiger charge is 2.22. The first kappa shape index (κ1) is 15.5. The summed E-state index contributed by atoms with van der Waals surface area (Å²) in [4.78, 5) is 30.7. The van der Waals surface area contributed by atoms with Crippen molar-refractivity contribution in [2.45, 2.75) is 6.54 Å². The highest BCUT2D eigenvalue weighted by molar-refractivity contribution is 6.08. The van der Waals surface area contributed by atoms with E-state index >= 15 is 0 Å². The minimum Gasteiger partial charge on any atom is -0.347 e. The van der Waals surface area contributed by atoms with E-state index in [0.717, 1.165) is 17.7 Å². The Bertz CT molecular complexity index is 931. The average Bonchev–Trinajstić information content (AvgIpc) is 2.60. The van der Waals surface area contributed by atoms with Crippen molar-refractivity contribution >= 4 is 22.4 Å². The maximum atomic E-state index is 13.9. The maximum Gasteiger partial charge on any atom is 0.279 e. The summed E-state index contributed by atoms with van der Waals surface area (Å²) in [5.74, 6) is -1.27. The number of nitro groups is 1.